The largest absolute Gasteiger partial charge is 0.288 e. The van der Waals surface area contributed by atoms with Crippen molar-refractivity contribution in [2.45, 2.75) is 6.92 Å². The Kier molecular flexibility index (Phi) is 4.50. The molecule has 0 radical (unpaired) electrons. The zero-order valence-corrected chi connectivity index (χ0v) is 17.5. The van der Waals surface area contributed by atoms with Gasteiger partial charge >= 0.3 is 0 Å². The third kappa shape index (κ3) is 2.95. The van der Waals surface area contributed by atoms with Gasteiger partial charge < -0.3 is 0 Å². The molecule has 146 valence electrons. The second-order valence-corrected chi connectivity index (χ2v) is 8.45. The highest BCUT2D eigenvalue weighted by molar-refractivity contribution is 7.24. The average Bonchev–Trinajstić information content (AvgIpc) is 2.74. The summed E-state index contributed by atoms with van der Waals surface area (Å²) in [6.07, 6.45) is 0. The van der Waals surface area contributed by atoms with E-state index in [0.29, 0.717) is 26.8 Å². The summed E-state index contributed by atoms with van der Waals surface area (Å²) in [6, 6.07) is 22.0. The number of hydrogen-bond acceptors (Lipinski definition) is 4. The van der Waals surface area contributed by atoms with E-state index < -0.39 is 5.56 Å². The van der Waals surface area contributed by atoms with Crippen LogP contribution in [0.3, 0.4) is 0 Å². The SMILES string of the molecule is Cc1ccccc1-c1nc2sc3ccccc3c(=O)c2c(=O)n1-c1cccc(Cl)c1. The number of aryl methyl sites for hydroxylation is 1. The van der Waals surface area contributed by atoms with Crippen LogP contribution in [-0.2, 0) is 0 Å². The number of fused-ring (bicyclic) bond motifs is 2. The molecule has 3 aromatic carbocycles. The first kappa shape index (κ1) is 18.7. The number of rotatable bonds is 2. The molecule has 0 fully saturated rings. The van der Waals surface area contributed by atoms with Gasteiger partial charge in [0.05, 0.1) is 5.69 Å². The number of aromatic nitrogens is 2. The Morgan fingerprint density at radius 1 is 0.933 bits per heavy atom. The molecule has 0 saturated carbocycles. The molecule has 30 heavy (non-hydrogen) atoms. The first-order valence-corrected chi connectivity index (χ1v) is 10.5. The van der Waals surface area contributed by atoms with Gasteiger partial charge in [-0.1, -0.05) is 54.1 Å². The molecule has 0 unspecified atom stereocenters. The molecule has 5 aromatic rings. The minimum Gasteiger partial charge on any atom is -0.288 e. The van der Waals surface area contributed by atoms with Crippen molar-refractivity contribution in [3.63, 3.8) is 0 Å². The summed E-state index contributed by atoms with van der Waals surface area (Å²) in [7, 11) is 0. The summed E-state index contributed by atoms with van der Waals surface area (Å²) in [4.78, 5) is 32.2. The zero-order valence-electron chi connectivity index (χ0n) is 15.9. The maximum absolute atomic E-state index is 13.7. The topological polar surface area (TPSA) is 52.0 Å². The fourth-order valence-electron chi connectivity index (χ4n) is 3.61. The van der Waals surface area contributed by atoms with E-state index in [4.69, 9.17) is 16.6 Å². The van der Waals surface area contributed by atoms with Gasteiger partial charge in [0.1, 0.15) is 16.0 Å². The lowest BCUT2D eigenvalue weighted by atomic mass is 10.1. The second-order valence-electron chi connectivity index (χ2n) is 6.98. The molecule has 0 atom stereocenters. The monoisotopic (exact) mass is 430 g/mol. The van der Waals surface area contributed by atoms with Gasteiger partial charge in [-0.25, -0.2) is 4.98 Å². The maximum atomic E-state index is 13.7. The summed E-state index contributed by atoms with van der Waals surface area (Å²) in [5, 5.41) is 1.12. The second kappa shape index (κ2) is 7.20. The Balaban J connectivity index is 2.00. The number of hydrogen-bond donors (Lipinski definition) is 0. The molecule has 0 aliphatic heterocycles. The van der Waals surface area contributed by atoms with Crippen LogP contribution in [0, 0.1) is 6.92 Å². The number of nitrogens with zero attached hydrogens (tertiary/aromatic N) is 2. The van der Waals surface area contributed by atoms with Crippen LogP contribution in [0.15, 0.2) is 82.4 Å². The molecule has 0 saturated heterocycles. The summed E-state index contributed by atoms with van der Waals surface area (Å²) >= 11 is 7.56. The highest BCUT2D eigenvalue weighted by Gasteiger charge is 2.19. The van der Waals surface area contributed by atoms with Crippen LogP contribution >= 0.6 is 22.9 Å². The van der Waals surface area contributed by atoms with E-state index in [1.807, 2.05) is 43.3 Å². The van der Waals surface area contributed by atoms with E-state index in [1.54, 1.807) is 36.4 Å². The minimum absolute atomic E-state index is 0.0935. The van der Waals surface area contributed by atoms with Gasteiger partial charge in [-0.05, 0) is 42.8 Å². The van der Waals surface area contributed by atoms with Crippen LogP contribution in [0.5, 0.6) is 0 Å². The van der Waals surface area contributed by atoms with Crippen molar-refractivity contribution in [1.29, 1.82) is 0 Å². The van der Waals surface area contributed by atoms with Crippen molar-refractivity contribution in [2.24, 2.45) is 0 Å². The standard InChI is InChI=1S/C24H15ClN2O2S/c1-14-7-2-3-10-17(14)22-26-23-20(21(28)18-11-4-5-12-19(18)30-23)24(29)27(22)16-9-6-8-15(25)13-16/h2-13H,1H3. The van der Waals surface area contributed by atoms with E-state index in [-0.39, 0.29) is 10.8 Å². The molecule has 4 nitrogen and oxygen atoms in total. The molecule has 0 bridgehead atoms. The van der Waals surface area contributed by atoms with Gasteiger partial charge in [-0.2, -0.15) is 0 Å². The van der Waals surface area contributed by atoms with Gasteiger partial charge in [0.2, 0.25) is 5.43 Å². The third-order valence-corrected chi connectivity index (χ3v) is 6.37. The molecular formula is C24H15ClN2O2S. The average molecular weight is 431 g/mol. The van der Waals surface area contributed by atoms with Crippen molar-refractivity contribution < 1.29 is 0 Å². The molecule has 2 aromatic heterocycles. The van der Waals surface area contributed by atoms with E-state index in [1.165, 1.54) is 15.9 Å². The van der Waals surface area contributed by atoms with Crippen molar-refractivity contribution in [1.82, 2.24) is 9.55 Å². The van der Waals surface area contributed by atoms with E-state index in [2.05, 4.69) is 0 Å². The van der Waals surface area contributed by atoms with Crippen LogP contribution < -0.4 is 11.0 Å². The Morgan fingerprint density at radius 2 is 1.70 bits per heavy atom. The lowest BCUT2D eigenvalue weighted by Gasteiger charge is -2.15. The predicted octanol–water partition coefficient (Wildman–Crippen LogP) is 5.59. The van der Waals surface area contributed by atoms with Gasteiger partial charge in [0.15, 0.2) is 0 Å². The molecule has 0 N–H and O–H groups in total. The maximum Gasteiger partial charge on any atom is 0.271 e. The quantitative estimate of drug-likeness (QED) is 0.343. The molecule has 6 heteroatoms. The van der Waals surface area contributed by atoms with Gasteiger partial charge in [-0.15, -0.1) is 11.3 Å². The van der Waals surface area contributed by atoms with Crippen LogP contribution in [0.25, 0.3) is 37.4 Å². The minimum atomic E-state index is -0.396. The van der Waals surface area contributed by atoms with Crippen molar-refractivity contribution >= 4 is 43.2 Å². The van der Waals surface area contributed by atoms with E-state index >= 15 is 0 Å². The van der Waals surface area contributed by atoms with Crippen molar-refractivity contribution in [2.75, 3.05) is 0 Å². The highest BCUT2D eigenvalue weighted by Crippen LogP contribution is 2.28. The van der Waals surface area contributed by atoms with Crippen LogP contribution in [0.1, 0.15) is 5.56 Å². The fraction of sp³-hybridized carbons (Fsp3) is 0.0417. The zero-order chi connectivity index (χ0) is 20.8. The summed E-state index contributed by atoms with van der Waals surface area (Å²) in [6.45, 7) is 1.97. The smallest absolute Gasteiger partial charge is 0.271 e. The predicted molar refractivity (Wildman–Crippen MR) is 124 cm³/mol. The summed E-state index contributed by atoms with van der Waals surface area (Å²) in [5.41, 5.74) is 1.67. The van der Waals surface area contributed by atoms with Gasteiger partial charge in [0.25, 0.3) is 5.56 Å². The first-order valence-electron chi connectivity index (χ1n) is 9.35. The lowest BCUT2D eigenvalue weighted by Crippen LogP contribution is -2.26. The Labute approximate surface area is 180 Å². The molecular weight excluding hydrogens is 416 g/mol. The van der Waals surface area contributed by atoms with E-state index in [9.17, 15) is 9.59 Å². The number of halogens is 1. The third-order valence-electron chi connectivity index (χ3n) is 5.07. The van der Waals surface area contributed by atoms with E-state index in [0.717, 1.165) is 15.8 Å². The Hall–Kier alpha value is -3.28. The molecule has 5 rings (SSSR count). The van der Waals surface area contributed by atoms with Gasteiger partial charge in [-0.3, -0.25) is 14.2 Å². The van der Waals surface area contributed by atoms with Crippen molar-refractivity contribution in [3.05, 3.63) is 104 Å². The first-order chi connectivity index (χ1) is 14.5. The van der Waals surface area contributed by atoms with Crippen LogP contribution in [0.2, 0.25) is 5.02 Å². The molecule has 0 spiro atoms. The Morgan fingerprint density at radius 3 is 2.50 bits per heavy atom. The van der Waals surface area contributed by atoms with Crippen molar-refractivity contribution in [3.8, 4) is 17.1 Å². The molecule has 2 heterocycles. The lowest BCUT2D eigenvalue weighted by molar-refractivity contribution is 0.975. The van der Waals surface area contributed by atoms with Gasteiger partial charge in [0, 0.05) is 20.7 Å². The summed E-state index contributed by atoms with van der Waals surface area (Å²) in [5.74, 6) is 0.485. The normalized spacial score (nSPS) is 11.3. The molecule has 0 amide bonds. The summed E-state index contributed by atoms with van der Waals surface area (Å²) < 4.78 is 2.29. The fourth-order valence-corrected chi connectivity index (χ4v) is 4.84. The van der Waals surface area contributed by atoms with Crippen LogP contribution in [-0.4, -0.2) is 9.55 Å². The highest BCUT2D eigenvalue weighted by atomic mass is 35.5. The Bertz CT molecular complexity index is 1570. The molecule has 0 aliphatic carbocycles. The van der Waals surface area contributed by atoms with Crippen LogP contribution in [0.4, 0.5) is 0 Å². The number of benzene rings is 3. The molecule has 0 aliphatic rings.